The molecule has 4 aromatic heterocycles. The van der Waals surface area contributed by atoms with Gasteiger partial charge in [0.2, 0.25) is 0 Å². The molecule has 0 unspecified atom stereocenters. The number of halogens is 1. The third-order valence-corrected chi connectivity index (χ3v) is 7.45. The molecule has 1 aromatic carbocycles. The maximum Gasteiger partial charge on any atom is 0.258 e. The van der Waals surface area contributed by atoms with Gasteiger partial charge in [-0.2, -0.15) is 9.61 Å². The van der Waals surface area contributed by atoms with Crippen LogP contribution in [0.1, 0.15) is 34.8 Å². The Morgan fingerprint density at radius 3 is 2.53 bits per heavy atom. The lowest BCUT2D eigenvalue weighted by molar-refractivity contribution is 0.0711. The van der Waals surface area contributed by atoms with Gasteiger partial charge in [-0.15, -0.1) is 0 Å². The third-order valence-electron chi connectivity index (χ3n) is 6.64. The fourth-order valence-electron chi connectivity index (χ4n) is 4.67. The predicted molar refractivity (Wildman–Crippen MR) is 138 cm³/mol. The van der Waals surface area contributed by atoms with Crippen molar-refractivity contribution in [1.29, 1.82) is 0 Å². The van der Waals surface area contributed by atoms with E-state index >= 15 is 0 Å². The Balaban J connectivity index is 1.29. The number of likely N-dealkylation sites (tertiary alicyclic amines) is 1. The molecule has 9 nitrogen and oxygen atoms in total. The number of carbonyl (C=O) groups is 1. The fraction of sp³-hybridized carbons (Fsp3) is 0.192. The van der Waals surface area contributed by atoms with Gasteiger partial charge in [0.1, 0.15) is 12.1 Å². The normalized spacial score (nSPS) is 14.4. The molecule has 0 radical (unpaired) electrons. The molecule has 2 N–H and O–H groups in total. The number of carbonyl (C=O) groups excluding carboxylic acids is 1. The van der Waals surface area contributed by atoms with Crippen LogP contribution < -0.4 is 5.73 Å². The van der Waals surface area contributed by atoms with Crippen LogP contribution in [0, 0.1) is 0 Å². The van der Waals surface area contributed by atoms with Gasteiger partial charge < -0.3 is 15.2 Å². The van der Waals surface area contributed by atoms with Gasteiger partial charge in [-0.05, 0) is 34.8 Å². The molecule has 180 valence electrons. The number of fused-ring (bicyclic) bond motifs is 1. The zero-order valence-electron chi connectivity index (χ0n) is 19.2. The molecular formula is C26H22BrN7O2. The Kier molecular flexibility index (Phi) is 5.73. The van der Waals surface area contributed by atoms with E-state index in [2.05, 4.69) is 31.2 Å². The topological polar surface area (TPSA) is 115 Å². The van der Waals surface area contributed by atoms with Crippen LogP contribution in [0.3, 0.4) is 0 Å². The molecular weight excluding hydrogens is 522 g/mol. The van der Waals surface area contributed by atoms with Gasteiger partial charge >= 0.3 is 0 Å². The van der Waals surface area contributed by atoms with E-state index in [4.69, 9.17) is 15.2 Å². The second-order valence-corrected chi connectivity index (χ2v) is 9.56. The summed E-state index contributed by atoms with van der Waals surface area (Å²) in [5, 5.41) is 8.12. The summed E-state index contributed by atoms with van der Waals surface area (Å²) in [6.07, 6.45) is 7.99. The Morgan fingerprint density at radius 1 is 1.03 bits per heavy atom. The van der Waals surface area contributed by atoms with Crippen LogP contribution in [0.15, 0.2) is 76.3 Å². The van der Waals surface area contributed by atoms with E-state index in [0.29, 0.717) is 30.1 Å². The number of aromatic nitrogens is 5. The molecule has 0 saturated carbocycles. The van der Waals surface area contributed by atoms with Gasteiger partial charge in [-0.25, -0.2) is 4.98 Å². The Labute approximate surface area is 215 Å². The average molecular weight is 544 g/mol. The highest BCUT2D eigenvalue weighted by Gasteiger charge is 2.29. The quantitative estimate of drug-likeness (QED) is 0.345. The van der Waals surface area contributed by atoms with Crippen LogP contribution in [0.25, 0.3) is 28.0 Å². The maximum atomic E-state index is 12.6. The Hall–Kier alpha value is -4.05. The number of anilines is 1. The third kappa shape index (κ3) is 3.93. The fourth-order valence-corrected chi connectivity index (χ4v) is 5.25. The van der Waals surface area contributed by atoms with Crippen LogP contribution in [0.5, 0.6) is 0 Å². The highest BCUT2D eigenvalue weighted by molar-refractivity contribution is 9.10. The first-order valence-electron chi connectivity index (χ1n) is 11.6. The van der Waals surface area contributed by atoms with E-state index in [1.807, 2.05) is 53.6 Å². The number of amides is 1. The molecule has 0 bridgehead atoms. The first kappa shape index (κ1) is 22.4. The molecule has 5 aromatic rings. The molecule has 0 aliphatic carbocycles. The van der Waals surface area contributed by atoms with Crippen molar-refractivity contribution in [1.82, 2.24) is 29.6 Å². The maximum absolute atomic E-state index is 12.6. The van der Waals surface area contributed by atoms with E-state index in [1.54, 1.807) is 10.7 Å². The van der Waals surface area contributed by atoms with E-state index in [1.165, 1.54) is 12.5 Å². The van der Waals surface area contributed by atoms with Crippen LogP contribution >= 0.6 is 15.9 Å². The summed E-state index contributed by atoms with van der Waals surface area (Å²) in [7, 11) is 0. The molecule has 0 atom stereocenters. The minimum absolute atomic E-state index is 0.0683. The lowest BCUT2D eigenvalue weighted by atomic mass is 9.92. The van der Waals surface area contributed by atoms with E-state index in [9.17, 15) is 4.79 Å². The van der Waals surface area contributed by atoms with E-state index in [0.717, 1.165) is 45.4 Å². The van der Waals surface area contributed by atoms with Crippen molar-refractivity contribution in [3.63, 3.8) is 0 Å². The SMILES string of the molecule is Nc1c(Br)c(C2CCN(C(=O)c3cnoc3)CC2)nc2c(-c3ccc(-c4ccccc4)nc3)cnn12. The summed E-state index contributed by atoms with van der Waals surface area (Å²) in [5.74, 6) is 0.582. The minimum Gasteiger partial charge on any atom is -0.383 e. The van der Waals surface area contributed by atoms with Crippen molar-refractivity contribution >= 4 is 33.3 Å². The van der Waals surface area contributed by atoms with Crippen molar-refractivity contribution < 1.29 is 9.32 Å². The number of rotatable bonds is 4. The van der Waals surface area contributed by atoms with Crippen molar-refractivity contribution in [2.24, 2.45) is 0 Å². The van der Waals surface area contributed by atoms with Gasteiger partial charge in [-0.1, -0.05) is 41.6 Å². The molecule has 6 rings (SSSR count). The smallest absolute Gasteiger partial charge is 0.258 e. The highest BCUT2D eigenvalue weighted by Crippen LogP contribution is 2.37. The summed E-state index contributed by atoms with van der Waals surface area (Å²) in [6.45, 7) is 1.23. The lowest BCUT2D eigenvalue weighted by Crippen LogP contribution is -2.38. The molecule has 1 aliphatic heterocycles. The zero-order valence-corrected chi connectivity index (χ0v) is 20.8. The van der Waals surface area contributed by atoms with Gasteiger partial charge in [-0.3, -0.25) is 9.78 Å². The number of benzene rings is 1. The summed E-state index contributed by atoms with van der Waals surface area (Å²) < 4.78 is 7.21. The van der Waals surface area contributed by atoms with Gasteiger partial charge in [0.15, 0.2) is 5.65 Å². The highest BCUT2D eigenvalue weighted by atomic mass is 79.9. The predicted octanol–water partition coefficient (Wildman–Crippen LogP) is 4.81. The van der Waals surface area contributed by atoms with Crippen LogP contribution in [0.2, 0.25) is 0 Å². The lowest BCUT2D eigenvalue weighted by Gasteiger charge is -2.32. The van der Waals surface area contributed by atoms with E-state index < -0.39 is 0 Å². The second-order valence-electron chi connectivity index (χ2n) is 8.77. The van der Waals surface area contributed by atoms with Crippen LogP contribution in [-0.2, 0) is 0 Å². The first-order chi connectivity index (χ1) is 17.6. The molecule has 1 amide bonds. The van der Waals surface area contributed by atoms with Crippen molar-refractivity contribution in [2.75, 3.05) is 18.8 Å². The van der Waals surface area contributed by atoms with Crippen LogP contribution in [0.4, 0.5) is 5.82 Å². The standard InChI is InChI=1S/C26H22BrN7O2/c27-22-23(17-8-10-33(11-9-17)26(35)19-13-31-36-15-19)32-25-20(14-30-34(25)24(22)28)18-6-7-21(29-12-18)16-4-2-1-3-5-16/h1-7,12-15,17H,8-11,28H2. The van der Waals surface area contributed by atoms with E-state index in [-0.39, 0.29) is 11.8 Å². The van der Waals surface area contributed by atoms with Gasteiger partial charge in [0, 0.05) is 41.9 Å². The number of pyridine rings is 1. The monoisotopic (exact) mass is 543 g/mol. The first-order valence-corrected chi connectivity index (χ1v) is 12.4. The Morgan fingerprint density at radius 2 is 1.83 bits per heavy atom. The molecule has 1 aliphatic rings. The van der Waals surface area contributed by atoms with Crippen LogP contribution in [-0.4, -0.2) is 48.6 Å². The van der Waals surface area contributed by atoms with Crippen molar-refractivity contribution in [3.8, 4) is 22.4 Å². The summed E-state index contributed by atoms with van der Waals surface area (Å²) in [5.41, 5.74) is 12.2. The minimum atomic E-state index is -0.0683. The van der Waals surface area contributed by atoms with Gasteiger partial charge in [0.25, 0.3) is 5.91 Å². The van der Waals surface area contributed by atoms with Crippen molar-refractivity contribution in [3.05, 3.63) is 83.0 Å². The average Bonchev–Trinajstić information content (AvgIpc) is 3.62. The Bertz CT molecular complexity index is 1520. The number of nitrogen functional groups attached to an aromatic ring is 1. The summed E-state index contributed by atoms with van der Waals surface area (Å²) in [6, 6.07) is 14.1. The molecule has 10 heteroatoms. The second kappa shape index (κ2) is 9.19. The molecule has 5 heterocycles. The molecule has 36 heavy (non-hydrogen) atoms. The number of hydrogen-bond donors (Lipinski definition) is 1. The zero-order chi connectivity index (χ0) is 24.6. The number of nitrogens with zero attached hydrogens (tertiary/aromatic N) is 6. The molecule has 1 fully saturated rings. The largest absolute Gasteiger partial charge is 0.383 e. The number of nitrogens with two attached hydrogens (primary N) is 1. The van der Waals surface area contributed by atoms with Gasteiger partial charge in [0.05, 0.1) is 33.8 Å². The summed E-state index contributed by atoms with van der Waals surface area (Å²) >= 11 is 3.65. The number of piperidine rings is 1. The number of hydrogen-bond acceptors (Lipinski definition) is 7. The summed E-state index contributed by atoms with van der Waals surface area (Å²) in [4.78, 5) is 24.1. The molecule has 0 spiro atoms. The molecule has 1 saturated heterocycles. The van der Waals surface area contributed by atoms with Crippen molar-refractivity contribution in [2.45, 2.75) is 18.8 Å².